The number of ether oxygens (including phenoxy) is 1. The van der Waals surface area contributed by atoms with Crippen LogP contribution in [0.1, 0.15) is 18.6 Å². The van der Waals surface area contributed by atoms with E-state index in [1.165, 1.54) is 6.07 Å². The Kier molecular flexibility index (Phi) is 6.65. The number of anilines is 1. The molecule has 0 unspecified atom stereocenters. The number of nitro benzene ring substituents is 1. The zero-order valence-corrected chi connectivity index (χ0v) is 16.0. The number of carbonyl (C=O) groups is 1. The van der Waals surface area contributed by atoms with Crippen LogP contribution < -0.4 is 4.90 Å². The van der Waals surface area contributed by atoms with E-state index in [1.807, 2.05) is 11.0 Å². The maximum atomic E-state index is 13.1. The third kappa shape index (κ3) is 4.69. The van der Waals surface area contributed by atoms with E-state index in [-0.39, 0.29) is 22.4 Å². The van der Waals surface area contributed by atoms with Gasteiger partial charge in [0.15, 0.2) is 0 Å². The molecule has 0 N–H and O–H groups in total. The van der Waals surface area contributed by atoms with Gasteiger partial charge < -0.3 is 19.0 Å². The molecule has 1 aliphatic heterocycles. The maximum Gasteiger partial charge on any atom is 0.292 e. The number of para-hydroxylation sites is 2. The highest BCUT2D eigenvalue weighted by atomic mass is 16.6. The van der Waals surface area contributed by atoms with Crippen LogP contribution in [0.25, 0.3) is 0 Å². The molecule has 3 rings (SSSR count). The van der Waals surface area contributed by atoms with Crippen molar-refractivity contribution >= 4 is 17.3 Å². The smallest absolute Gasteiger partial charge is 0.292 e. The number of nitrogens with zero attached hydrogens (tertiary/aromatic N) is 3. The number of furan rings is 1. The van der Waals surface area contributed by atoms with Crippen LogP contribution in [0.15, 0.2) is 47.1 Å². The second-order valence-corrected chi connectivity index (χ2v) is 6.84. The third-order valence-corrected chi connectivity index (χ3v) is 5.07. The van der Waals surface area contributed by atoms with Gasteiger partial charge in [-0.1, -0.05) is 12.1 Å². The number of rotatable bonds is 8. The van der Waals surface area contributed by atoms with E-state index in [0.29, 0.717) is 51.3 Å². The molecule has 0 bridgehead atoms. The van der Waals surface area contributed by atoms with Gasteiger partial charge in [-0.25, -0.2) is 0 Å². The van der Waals surface area contributed by atoms with Gasteiger partial charge in [0.25, 0.3) is 5.69 Å². The molecule has 0 radical (unpaired) electrons. The van der Waals surface area contributed by atoms with Crippen LogP contribution in [0.4, 0.5) is 11.4 Å². The first-order valence-electron chi connectivity index (χ1n) is 9.38. The van der Waals surface area contributed by atoms with Crippen molar-refractivity contribution in [3.05, 3.63) is 58.5 Å². The third-order valence-electron chi connectivity index (χ3n) is 5.07. The van der Waals surface area contributed by atoms with Crippen molar-refractivity contribution in [2.45, 2.75) is 19.4 Å². The largest absolute Gasteiger partial charge is 0.467 e. The van der Waals surface area contributed by atoms with Gasteiger partial charge in [-0.2, -0.15) is 0 Å². The first-order chi connectivity index (χ1) is 13.6. The van der Waals surface area contributed by atoms with Crippen LogP contribution >= 0.6 is 0 Å². The van der Waals surface area contributed by atoms with Crippen molar-refractivity contribution in [1.29, 1.82) is 0 Å². The summed E-state index contributed by atoms with van der Waals surface area (Å²) in [5, 5.41) is 11.3. The lowest BCUT2D eigenvalue weighted by molar-refractivity contribution is -0.384. The molecule has 0 spiro atoms. The average Bonchev–Trinajstić information content (AvgIpc) is 3.24. The Morgan fingerprint density at radius 3 is 2.68 bits per heavy atom. The minimum absolute atomic E-state index is 0.0793. The quantitative estimate of drug-likeness (QED) is 0.511. The summed E-state index contributed by atoms with van der Waals surface area (Å²) in [6, 6.07) is 10.4. The molecule has 28 heavy (non-hydrogen) atoms. The van der Waals surface area contributed by atoms with Gasteiger partial charge in [0, 0.05) is 38.7 Å². The topological polar surface area (TPSA) is 89.1 Å². The van der Waals surface area contributed by atoms with Crippen molar-refractivity contribution in [2.75, 3.05) is 38.3 Å². The fourth-order valence-corrected chi connectivity index (χ4v) is 3.57. The van der Waals surface area contributed by atoms with Gasteiger partial charge >= 0.3 is 0 Å². The fourth-order valence-electron chi connectivity index (χ4n) is 3.57. The minimum Gasteiger partial charge on any atom is -0.467 e. The molecule has 0 atom stereocenters. The molecular weight excluding hydrogens is 362 g/mol. The number of hydrogen-bond donors (Lipinski definition) is 0. The summed E-state index contributed by atoms with van der Waals surface area (Å²) in [5.41, 5.74) is 0.719. The lowest BCUT2D eigenvalue weighted by Crippen LogP contribution is -2.43. The second-order valence-electron chi connectivity index (χ2n) is 6.84. The Balaban J connectivity index is 1.64. The van der Waals surface area contributed by atoms with E-state index < -0.39 is 0 Å². The van der Waals surface area contributed by atoms with E-state index in [1.54, 1.807) is 42.5 Å². The molecule has 1 aromatic carbocycles. The van der Waals surface area contributed by atoms with Gasteiger partial charge in [-0.05, 0) is 31.0 Å². The van der Waals surface area contributed by atoms with Crippen molar-refractivity contribution in [3.63, 3.8) is 0 Å². The highest BCUT2D eigenvalue weighted by Crippen LogP contribution is 2.31. The van der Waals surface area contributed by atoms with E-state index in [9.17, 15) is 14.9 Å². The SMILES string of the molecule is COCCN(Cc1ccco1)C(=O)C1CCN(c2ccccc2[N+](=O)[O-])CC1. The molecule has 1 saturated heterocycles. The standard InChI is InChI=1S/C20H25N3O5/c1-27-14-12-22(15-17-5-4-13-28-17)20(24)16-8-10-21(11-9-16)18-6-2-3-7-19(18)23(25)26/h2-7,13,16H,8-12,14-15H2,1H3. The van der Waals surface area contributed by atoms with Gasteiger partial charge in [-0.3, -0.25) is 14.9 Å². The van der Waals surface area contributed by atoms with Crippen molar-refractivity contribution < 1.29 is 18.9 Å². The average molecular weight is 387 g/mol. The first kappa shape index (κ1) is 19.9. The number of methoxy groups -OCH3 is 1. The zero-order valence-electron chi connectivity index (χ0n) is 16.0. The summed E-state index contributed by atoms with van der Waals surface area (Å²) in [6.07, 6.45) is 2.92. The molecule has 1 fully saturated rings. The van der Waals surface area contributed by atoms with Crippen molar-refractivity contribution in [3.8, 4) is 0 Å². The highest BCUT2D eigenvalue weighted by Gasteiger charge is 2.30. The lowest BCUT2D eigenvalue weighted by atomic mass is 9.94. The molecular formula is C20H25N3O5. The summed E-state index contributed by atoms with van der Waals surface area (Å²) in [5.74, 6) is 0.711. The predicted octanol–water partition coefficient (Wildman–Crippen LogP) is 3.08. The number of amides is 1. The fraction of sp³-hybridized carbons (Fsp3) is 0.450. The Morgan fingerprint density at radius 2 is 2.04 bits per heavy atom. The highest BCUT2D eigenvalue weighted by molar-refractivity contribution is 5.79. The molecule has 150 valence electrons. The van der Waals surface area contributed by atoms with Crippen LogP contribution in [0.2, 0.25) is 0 Å². The van der Waals surface area contributed by atoms with E-state index in [0.717, 1.165) is 5.76 Å². The summed E-state index contributed by atoms with van der Waals surface area (Å²) in [7, 11) is 1.61. The van der Waals surface area contributed by atoms with E-state index in [4.69, 9.17) is 9.15 Å². The molecule has 2 aromatic rings. The van der Waals surface area contributed by atoms with Gasteiger partial charge in [0.05, 0.1) is 24.3 Å². The molecule has 0 aliphatic carbocycles. The molecule has 8 heteroatoms. The second kappa shape index (κ2) is 9.36. The van der Waals surface area contributed by atoms with Crippen LogP contribution in [-0.2, 0) is 16.1 Å². The maximum absolute atomic E-state index is 13.1. The van der Waals surface area contributed by atoms with Crippen molar-refractivity contribution in [2.24, 2.45) is 5.92 Å². The van der Waals surface area contributed by atoms with Gasteiger partial charge in [0.2, 0.25) is 5.91 Å². The summed E-state index contributed by atoms with van der Waals surface area (Å²) >= 11 is 0. The van der Waals surface area contributed by atoms with Gasteiger partial charge in [-0.15, -0.1) is 0 Å². The number of piperidine rings is 1. The van der Waals surface area contributed by atoms with Crippen LogP contribution in [-0.4, -0.2) is 49.1 Å². The van der Waals surface area contributed by atoms with E-state index in [2.05, 4.69) is 0 Å². The molecule has 1 amide bonds. The predicted molar refractivity (Wildman–Crippen MR) is 104 cm³/mol. The molecule has 0 saturated carbocycles. The van der Waals surface area contributed by atoms with Crippen LogP contribution in [0, 0.1) is 16.0 Å². The number of hydrogen-bond acceptors (Lipinski definition) is 6. The Labute approximate surface area is 163 Å². The van der Waals surface area contributed by atoms with Crippen molar-refractivity contribution in [1.82, 2.24) is 4.90 Å². The van der Waals surface area contributed by atoms with Crippen LogP contribution in [0.3, 0.4) is 0 Å². The number of carbonyl (C=O) groups excluding carboxylic acids is 1. The zero-order chi connectivity index (χ0) is 19.9. The first-order valence-corrected chi connectivity index (χ1v) is 9.38. The molecule has 1 aromatic heterocycles. The number of nitro groups is 1. The number of benzene rings is 1. The normalized spacial score (nSPS) is 14.8. The van der Waals surface area contributed by atoms with Crippen LogP contribution in [0.5, 0.6) is 0 Å². The summed E-state index contributed by atoms with van der Waals surface area (Å²) in [6.45, 7) is 2.60. The van der Waals surface area contributed by atoms with E-state index >= 15 is 0 Å². The monoisotopic (exact) mass is 387 g/mol. The van der Waals surface area contributed by atoms with Gasteiger partial charge in [0.1, 0.15) is 11.4 Å². The summed E-state index contributed by atoms with van der Waals surface area (Å²) < 4.78 is 10.5. The Morgan fingerprint density at radius 1 is 1.29 bits per heavy atom. The molecule has 2 heterocycles. The minimum atomic E-state index is -0.359. The molecule has 8 nitrogen and oxygen atoms in total. The lowest BCUT2D eigenvalue weighted by Gasteiger charge is -2.35. The Hall–Kier alpha value is -2.87. The Bertz CT molecular complexity index is 785. The molecule has 1 aliphatic rings. The summed E-state index contributed by atoms with van der Waals surface area (Å²) in [4.78, 5) is 27.7.